The Kier molecular flexibility index (Phi) is 10.0. The van der Waals surface area contributed by atoms with E-state index in [4.69, 9.17) is 35.9 Å². The molecule has 1 aliphatic rings. The molecule has 2 aromatic heterocycles. The van der Waals surface area contributed by atoms with Crippen LogP contribution in [0.1, 0.15) is 32.6 Å². The number of rotatable bonds is 12. The summed E-state index contributed by atoms with van der Waals surface area (Å²) in [7, 11) is -4.51. The van der Waals surface area contributed by atoms with Gasteiger partial charge in [0.15, 0.2) is 17.4 Å². The SMILES string of the molecule is CC(C)[C@H](NP(=O)(OC[C@H]1O[C@@H](n2cnc3c(=O)[nH]c(N)nc32)[C@](C)(O)[C@@H]1O)Oc1cccc2ccccc12)C(=O)OCc1ccccc1Cl. The number of benzene rings is 3. The van der Waals surface area contributed by atoms with Gasteiger partial charge in [0.1, 0.15) is 36.2 Å². The first-order valence-corrected chi connectivity index (χ1v) is 17.6. The van der Waals surface area contributed by atoms with Gasteiger partial charge in [0.05, 0.1) is 12.9 Å². The number of carbonyl (C=O) groups is 1. The zero-order valence-electron chi connectivity index (χ0n) is 27.2. The van der Waals surface area contributed by atoms with Crippen LogP contribution in [-0.2, 0) is 30.0 Å². The Morgan fingerprint density at radius 3 is 2.66 bits per heavy atom. The molecule has 6 atom stereocenters. The Morgan fingerprint density at radius 1 is 1.18 bits per heavy atom. The smallest absolute Gasteiger partial charge is 0.459 e. The van der Waals surface area contributed by atoms with Gasteiger partial charge in [-0.15, -0.1) is 0 Å². The molecule has 0 amide bonds. The maximum Gasteiger partial charge on any atom is 0.459 e. The van der Waals surface area contributed by atoms with Gasteiger partial charge in [-0.05, 0) is 30.4 Å². The zero-order chi connectivity index (χ0) is 35.8. The number of esters is 1. The minimum atomic E-state index is -4.51. The van der Waals surface area contributed by atoms with Crippen molar-refractivity contribution < 1.29 is 38.1 Å². The van der Waals surface area contributed by atoms with Gasteiger partial charge in [-0.1, -0.05) is 80.0 Å². The van der Waals surface area contributed by atoms with Crippen LogP contribution in [0, 0.1) is 5.92 Å². The summed E-state index contributed by atoms with van der Waals surface area (Å²) >= 11 is 6.24. The van der Waals surface area contributed by atoms with Gasteiger partial charge in [-0.3, -0.25) is 23.7 Å². The number of aliphatic hydroxyl groups is 2. The van der Waals surface area contributed by atoms with E-state index in [9.17, 15) is 24.4 Å². The number of halogens is 1. The number of nitrogens with one attached hydrogen (secondary N) is 2. The average molecular weight is 727 g/mol. The number of aromatic nitrogens is 4. The Bertz CT molecular complexity index is 2130. The van der Waals surface area contributed by atoms with E-state index >= 15 is 0 Å². The second-order valence-electron chi connectivity index (χ2n) is 12.4. The fourth-order valence-electron chi connectivity index (χ4n) is 5.66. The standard InChI is InChI=1S/C33H36ClN6O9P/c1-18(2)25(30(43)46-15-20-10-5-7-13-22(20)34)39-50(45,49-23-14-8-11-19-9-4-6-12-21(19)23)47-16-24-27(41)33(3,44)31(48-24)40-17-36-26-28(40)37-32(35)38-29(26)42/h4-14,17-18,24-25,27,31,41,44H,15-16H2,1-3H3,(H,39,45)(H3,35,37,38,42)/t24-,25+,27-,31-,33-,50?/m1/s1. The molecule has 1 aliphatic heterocycles. The molecule has 6 N–H and O–H groups in total. The molecule has 17 heteroatoms. The molecule has 1 fully saturated rings. The lowest BCUT2D eigenvalue weighted by molar-refractivity contribution is -0.148. The molecule has 3 heterocycles. The fourth-order valence-corrected chi connectivity index (χ4v) is 7.53. The Balaban J connectivity index is 1.27. The number of nitrogen functional groups attached to an aromatic ring is 1. The van der Waals surface area contributed by atoms with E-state index < -0.39 is 61.9 Å². The van der Waals surface area contributed by atoms with Gasteiger partial charge < -0.3 is 29.9 Å². The number of H-pyrrole nitrogens is 1. The van der Waals surface area contributed by atoms with Gasteiger partial charge in [0.25, 0.3) is 5.56 Å². The first kappa shape index (κ1) is 35.5. The van der Waals surface area contributed by atoms with Crippen molar-refractivity contribution in [3.8, 4) is 5.75 Å². The van der Waals surface area contributed by atoms with Crippen LogP contribution in [0.15, 0.2) is 77.9 Å². The van der Waals surface area contributed by atoms with Crippen LogP contribution >= 0.6 is 19.3 Å². The molecule has 0 bridgehead atoms. The van der Waals surface area contributed by atoms with Crippen molar-refractivity contribution in [2.45, 2.75) is 57.5 Å². The van der Waals surface area contributed by atoms with Crippen molar-refractivity contribution in [3.63, 3.8) is 0 Å². The number of nitrogens with zero attached hydrogens (tertiary/aromatic N) is 3. The first-order chi connectivity index (χ1) is 23.8. The maximum atomic E-state index is 14.7. The molecule has 3 aromatic carbocycles. The molecule has 0 aliphatic carbocycles. The largest absolute Gasteiger partial charge is 0.460 e. The minimum absolute atomic E-state index is 0.00648. The van der Waals surface area contributed by atoms with Crippen LogP contribution in [0.5, 0.6) is 5.75 Å². The summed E-state index contributed by atoms with van der Waals surface area (Å²) in [5, 5.41) is 27.2. The molecule has 264 valence electrons. The van der Waals surface area contributed by atoms with E-state index in [1.807, 2.05) is 18.2 Å². The van der Waals surface area contributed by atoms with Crippen LogP contribution in [0.25, 0.3) is 21.9 Å². The van der Waals surface area contributed by atoms with E-state index in [2.05, 4.69) is 20.0 Å². The zero-order valence-corrected chi connectivity index (χ0v) is 28.9. The Labute approximate surface area is 290 Å². The molecule has 0 saturated carbocycles. The van der Waals surface area contributed by atoms with Crippen LogP contribution in [0.2, 0.25) is 5.02 Å². The third kappa shape index (κ3) is 7.12. The molecule has 0 spiro atoms. The van der Waals surface area contributed by atoms with Crippen LogP contribution in [0.3, 0.4) is 0 Å². The first-order valence-electron chi connectivity index (χ1n) is 15.7. The summed E-state index contributed by atoms with van der Waals surface area (Å²) < 4.78 is 39.5. The average Bonchev–Trinajstić information content (AvgIpc) is 3.59. The van der Waals surface area contributed by atoms with Crippen LogP contribution in [-0.4, -0.2) is 66.2 Å². The van der Waals surface area contributed by atoms with E-state index in [1.54, 1.807) is 62.4 Å². The van der Waals surface area contributed by atoms with Crippen molar-refractivity contribution >= 4 is 53.2 Å². The number of aliphatic hydroxyl groups excluding tert-OH is 1. The summed E-state index contributed by atoms with van der Waals surface area (Å²) in [4.78, 5) is 36.3. The summed E-state index contributed by atoms with van der Waals surface area (Å²) in [5.74, 6) is -1.19. The summed E-state index contributed by atoms with van der Waals surface area (Å²) in [6.45, 7) is 4.06. The number of carbonyl (C=O) groups excluding carboxylic acids is 1. The van der Waals surface area contributed by atoms with Crippen molar-refractivity contribution in [3.05, 3.63) is 94.0 Å². The van der Waals surface area contributed by atoms with Crippen molar-refractivity contribution in [2.24, 2.45) is 5.92 Å². The predicted molar refractivity (Wildman–Crippen MR) is 184 cm³/mol. The summed E-state index contributed by atoms with van der Waals surface area (Å²) in [6, 6.07) is 18.2. The fraction of sp³-hybridized carbons (Fsp3) is 0.333. The number of ether oxygens (including phenoxy) is 2. The number of hydrogen-bond acceptors (Lipinski definition) is 12. The van der Waals surface area contributed by atoms with E-state index in [0.29, 0.717) is 16.0 Å². The second-order valence-corrected chi connectivity index (χ2v) is 14.5. The molecule has 50 heavy (non-hydrogen) atoms. The highest BCUT2D eigenvalue weighted by molar-refractivity contribution is 7.52. The van der Waals surface area contributed by atoms with E-state index in [-0.39, 0.29) is 29.5 Å². The van der Waals surface area contributed by atoms with Crippen molar-refractivity contribution in [1.29, 1.82) is 0 Å². The topological polar surface area (TPSA) is 213 Å². The molecular weight excluding hydrogens is 691 g/mol. The highest BCUT2D eigenvalue weighted by atomic mass is 35.5. The number of aromatic amines is 1. The van der Waals surface area contributed by atoms with E-state index in [1.165, 1.54) is 17.8 Å². The number of imidazole rings is 1. The van der Waals surface area contributed by atoms with Gasteiger partial charge in [0.2, 0.25) is 5.95 Å². The molecule has 1 unspecified atom stereocenters. The lowest BCUT2D eigenvalue weighted by Gasteiger charge is -2.28. The number of nitrogens with two attached hydrogens (primary N) is 1. The highest BCUT2D eigenvalue weighted by Gasteiger charge is 2.54. The van der Waals surface area contributed by atoms with Gasteiger partial charge in [0, 0.05) is 16.0 Å². The van der Waals surface area contributed by atoms with Crippen LogP contribution < -0.4 is 20.9 Å². The summed E-state index contributed by atoms with van der Waals surface area (Å²) in [6.07, 6.45) is -2.99. The summed E-state index contributed by atoms with van der Waals surface area (Å²) in [5.41, 5.74) is 3.68. The van der Waals surface area contributed by atoms with E-state index in [0.717, 1.165) is 5.39 Å². The number of fused-ring (bicyclic) bond motifs is 2. The Hall–Kier alpha value is -4.34. The lowest BCUT2D eigenvalue weighted by Crippen LogP contribution is -2.45. The normalized spacial score (nSPS) is 22.5. The van der Waals surface area contributed by atoms with Gasteiger partial charge in [-0.2, -0.15) is 10.1 Å². The van der Waals surface area contributed by atoms with Crippen LogP contribution in [0.4, 0.5) is 5.95 Å². The third-order valence-corrected chi connectivity index (χ3v) is 10.3. The van der Waals surface area contributed by atoms with Gasteiger partial charge >= 0.3 is 13.7 Å². The monoisotopic (exact) mass is 726 g/mol. The predicted octanol–water partition coefficient (Wildman–Crippen LogP) is 4.08. The third-order valence-electron chi connectivity index (χ3n) is 8.38. The lowest BCUT2D eigenvalue weighted by atomic mass is 9.96. The molecular formula is C33H36ClN6O9P. The second kappa shape index (κ2) is 14.1. The minimum Gasteiger partial charge on any atom is -0.460 e. The molecule has 1 saturated heterocycles. The quantitative estimate of drug-likeness (QED) is 0.0907. The molecule has 6 rings (SSSR count). The maximum absolute atomic E-state index is 14.7. The molecule has 15 nitrogen and oxygen atoms in total. The number of hydrogen-bond donors (Lipinski definition) is 5. The molecule has 5 aromatic rings. The number of anilines is 1. The van der Waals surface area contributed by atoms with Crippen molar-refractivity contribution in [2.75, 3.05) is 12.3 Å². The van der Waals surface area contributed by atoms with Gasteiger partial charge in [-0.25, -0.2) is 9.55 Å². The molecule has 0 radical (unpaired) electrons. The van der Waals surface area contributed by atoms with Crippen molar-refractivity contribution in [1.82, 2.24) is 24.6 Å². The highest BCUT2D eigenvalue weighted by Crippen LogP contribution is 2.49. The Morgan fingerprint density at radius 2 is 1.90 bits per heavy atom.